The first-order valence-corrected chi connectivity index (χ1v) is 8.17. The lowest BCUT2D eigenvalue weighted by Gasteiger charge is -2.21. The lowest BCUT2D eigenvalue weighted by atomic mass is 10.1. The van der Waals surface area contributed by atoms with Crippen LogP contribution in [0.2, 0.25) is 10.0 Å². The Balaban J connectivity index is 1.88. The summed E-state index contributed by atoms with van der Waals surface area (Å²) in [4.78, 5) is 25.0. The Hall–Kier alpha value is -1.30. The van der Waals surface area contributed by atoms with Crippen LogP contribution in [0.5, 0.6) is 0 Å². The zero-order valence-electron chi connectivity index (χ0n) is 12.8. The van der Waals surface area contributed by atoms with Gasteiger partial charge in [0.1, 0.15) is 6.04 Å². The highest BCUT2D eigenvalue weighted by atomic mass is 35.5. The molecule has 1 heterocycles. The number of carbonyl (C=O) groups is 2. The monoisotopic (exact) mass is 359 g/mol. The summed E-state index contributed by atoms with van der Waals surface area (Å²) in [5, 5.41) is 10.2. The maximum absolute atomic E-state index is 12.3. The number of hydrogen-bond acceptors (Lipinski definition) is 3. The molecule has 0 aromatic heterocycles. The molecule has 0 saturated carbocycles. The van der Waals surface area contributed by atoms with E-state index in [0.29, 0.717) is 42.3 Å². The molecule has 1 aromatic carbocycles. The normalized spacial score (nSPS) is 20.7. The number of nitrogens with zero attached hydrogens (tertiary/aromatic N) is 1. The van der Waals surface area contributed by atoms with E-state index in [4.69, 9.17) is 27.9 Å². The number of methoxy groups -OCH3 is 1. The van der Waals surface area contributed by atoms with Crippen LogP contribution in [0.1, 0.15) is 24.8 Å². The topological polar surface area (TPSA) is 66.8 Å². The highest BCUT2D eigenvalue weighted by Gasteiger charge is 2.39. The number of ether oxygens (including phenoxy) is 1. The molecule has 2 rings (SSSR count). The minimum Gasteiger partial charge on any atom is -0.480 e. The molecule has 5 nitrogen and oxygen atoms in total. The van der Waals surface area contributed by atoms with Crippen molar-refractivity contribution in [1.29, 1.82) is 0 Å². The van der Waals surface area contributed by atoms with Crippen LogP contribution >= 0.6 is 23.2 Å². The maximum Gasteiger partial charge on any atom is 0.326 e. The fraction of sp³-hybridized carbons (Fsp3) is 0.500. The molecule has 2 unspecified atom stereocenters. The molecule has 0 spiro atoms. The van der Waals surface area contributed by atoms with Crippen molar-refractivity contribution in [2.24, 2.45) is 0 Å². The highest BCUT2D eigenvalue weighted by molar-refractivity contribution is 6.42. The molecule has 0 bridgehead atoms. The number of halogens is 2. The maximum atomic E-state index is 12.3. The van der Waals surface area contributed by atoms with Gasteiger partial charge in [-0.25, -0.2) is 4.79 Å². The molecule has 0 radical (unpaired) electrons. The van der Waals surface area contributed by atoms with E-state index >= 15 is 0 Å². The molecule has 1 aliphatic heterocycles. The molecule has 1 fully saturated rings. The smallest absolute Gasteiger partial charge is 0.326 e. The second-order valence-corrected chi connectivity index (χ2v) is 6.41. The van der Waals surface area contributed by atoms with Crippen molar-refractivity contribution >= 4 is 35.1 Å². The fourth-order valence-electron chi connectivity index (χ4n) is 2.76. The van der Waals surface area contributed by atoms with Gasteiger partial charge in [-0.15, -0.1) is 0 Å². The number of rotatable bonds is 6. The van der Waals surface area contributed by atoms with E-state index in [-0.39, 0.29) is 12.0 Å². The van der Waals surface area contributed by atoms with Crippen molar-refractivity contribution in [1.82, 2.24) is 4.90 Å². The summed E-state index contributed by atoms with van der Waals surface area (Å²) in [5.41, 5.74) is 0.998. The second kappa shape index (κ2) is 7.99. The predicted octanol–water partition coefficient (Wildman–Crippen LogP) is 3.02. The summed E-state index contributed by atoms with van der Waals surface area (Å²) in [6.07, 6.45) is 1.72. The molecular weight excluding hydrogens is 341 g/mol. The first-order chi connectivity index (χ1) is 10.9. The summed E-state index contributed by atoms with van der Waals surface area (Å²) in [5.74, 6) is -1.14. The van der Waals surface area contributed by atoms with Gasteiger partial charge in [0.15, 0.2) is 0 Å². The summed E-state index contributed by atoms with van der Waals surface area (Å²) in [6.45, 7) is 0.332. The zero-order chi connectivity index (χ0) is 17.0. The molecule has 1 saturated heterocycles. The highest BCUT2D eigenvalue weighted by Crippen LogP contribution is 2.24. The number of carboxylic acids is 1. The van der Waals surface area contributed by atoms with E-state index in [1.807, 2.05) is 6.07 Å². The molecule has 0 aliphatic carbocycles. The number of carboxylic acid groups (broad SMARTS) is 1. The molecular formula is C16H19Cl2NO4. The van der Waals surface area contributed by atoms with Crippen LogP contribution in [0.15, 0.2) is 18.2 Å². The van der Waals surface area contributed by atoms with Crippen LogP contribution in [0.3, 0.4) is 0 Å². The third-order valence-electron chi connectivity index (χ3n) is 4.04. The van der Waals surface area contributed by atoms with Crippen molar-refractivity contribution in [3.63, 3.8) is 0 Å². The van der Waals surface area contributed by atoms with Gasteiger partial charge in [0, 0.05) is 26.5 Å². The van der Waals surface area contributed by atoms with Gasteiger partial charge in [-0.3, -0.25) is 4.79 Å². The van der Waals surface area contributed by atoms with Gasteiger partial charge < -0.3 is 14.7 Å². The first kappa shape index (κ1) is 18.0. The quantitative estimate of drug-likeness (QED) is 0.847. The summed E-state index contributed by atoms with van der Waals surface area (Å²) in [6, 6.07) is 4.59. The number of amides is 1. The minimum atomic E-state index is -0.984. The van der Waals surface area contributed by atoms with Gasteiger partial charge in [0.2, 0.25) is 5.91 Å². The summed E-state index contributed by atoms with van der Waals surface area (Å²) >= 11 is 11.8. The number of carbonyl (C=O) groups excluding carboxylic acids is 1. The number of benzene rings is 1. The van der Waals surface area contributed by atoms with Gasteiger partial charge in [-0.05, 0) is 30.5 Å². The Morgan fingerprint density at radius 1 is 1.35 bits per heavy atom. The zero-order valence-corrected chi connectivity index (χ0v) is 14.3. The minimum absolute atomic E-state index is 0.156. The third-order valence-corrected chi connectivity index (χ3v) is 4.78. The number of aliphatic carboxylic acids is 1. The first-order valence-electron chi connectivity index (χ1n) is 7.41. The molecule has 23 heavy (non-hydrogen) atoms. The molecule has 1 N–H and O–H groups in total. The van der Waals surface area contributed by atoms with E-state index in [0.717, 1.165) is 5.56 Å². The van der Waals surface area contributed by atoms with Crippen LogP contribution in [-0.4, -0.2) is 47.7 Å². The van der Waals surface area contributed by atoms with Crippen molar-refractivity contribution in [2.75, 3.05) is 13.7 Å². The standard InChI is InChI=1S/C16H19Cl2NO4/c1-23-11-8-14(16(21)22)19(9-11)15(20)4-2-3-10-5-6-12(17)13(18)7-10/h5-7,11,14H,2-4,8-9H2,1H3,(H,21,22). The van der Waals surface area contributed by atoms with Crippen LogP contribution in [-0.2, 0) is 20.7 Å². The van der Waals surface area contributed by atoms with Gasteiger partial charge in [-0.2, -0.15) is 0 Å². The fourth-order valence-corrected chi connectivity index (χ4v) is 3.08. The Labute approximate surface area is 145 Å². The summed E-state index contributed by atoms with van der Waals surface area (Å²) < 4.78 is 5.19. The van der Waals surface area contributed by atoms with E-state index in [1.54, 1.807) is 12.1 Å². The number of likely N-dealkylation sites (tertiary alicyclic amines) is 1. The Morgan fingerprint density at radius 2 is 2.09 bits per heavy atom. The summed E-state index contributed by atoms with van der Waals surface area (Å²) in [7, 11) is 1.53. The second-order valence-electron chi connectivity index (χ2n) is 5.60. The Kier molecular flexibility index (Phi) is 6.27. The lowest BCUT2D eigenvalue weighted by molar-refractivity contribution is -0.148. The molecule has 7 heteroatoms. The Bertz CT molecular complexity index is 593. The third kappa shape index (κ3) is 4.59. The van der Waals surface area contributed by atoms with Gasteiger partial charge >= 0.3 is 5.97 Å². The van der Waals surface area contributed by atoms with Crippen LogP contribution in [0, 0.1) is 0 Å². The van der Waals surface area contributed by atoms with Crippen molar-refractivity contribution in [3.8, 4) is 0 Å². The van der Waals surface area contributed by atoms with Crippen LogP contribution in [0.4, 0.5) is 0 Å². The molecule has 1 aliphatic rings. The van der Waals surface area contributed by atoms with E-state index in [1.165, 1.54) is 12.0 Å². The molecule has 1 aromatic rings. The molecule has 1 amide bonds. The number of aryl methyl sites for hydroxylation is 1. The van der Waals surface area contributed by atoms with Gasteiger partial charge in [-0.1, -0.05) is 29.3 Å². The van der Waals surface area contributed by atoms with Crippen molar-refractivity contribution in [3.05, 3.63) is 33.8 Å². The number of hydrogen-bond donors (Lipinski definition) is 1. The van der Waals surface area contributed by atoms with Gasteiger partial charge in [0.25, 0.3) is 0 Å². The molecule has 126 valence electrons. The van der Waals surface area contributed by atoms with Crippen LogP contribution in [0.25, 0.3) is 0 Å². The average Bonchev–Trinajstić information content (AvgIpc) is 2.95. The molecule has 2 atom stereocenters. The van der Waals surface area contributed by atoms with Crippen molar-refractivity contribution < 1.29 is 19.4 Å². The van der Waals surface area contributed by atoms with E-state index < -0.39 is 12.0 Å². The van der Waals surface area contributed by atoms with Gasteiger partial charge in [0.05, 0.1) is 16.1 Å². The van der Waals surface area contributed by atoms with E-state index in [2.05, 4.69) is 0 Å². The Morgan fingerprint density at radius 3 is 2.70 bits per heavy atom. The largest absolute Gasteiger partial charge is 0.480 e. The van der Waals surface area contributed by atoms with Crippen LogP contribution < -0.4 is 0 Å². The lowest BCUT2D eigenvalue weighted by Crippen LogP contribution is -2.40. The van der Waals surface area contributed by atoms with E-state index in [9.17, 15) is 14.7 Å². The predicted molar refractivity (Wildman–Crippen MR) is 88.0 cm³/mol. The SMILES string of the molecule is COC1CC(C(=O)O)N(C(=O)CCCc2ccc(Cl)c(Cl)c2)C1. The van der Waals surface area contributed by atoms with Crippen molar-refractivity contribution in [2.45, 2.75) is 37.8 Å². The average molecular weight is 360 g/mol.